The molecule has 3 amide bonds. The number of carbonyl (C=O) groups is 2. The largest absolute Gasteiger partial charge is 0.417 e. The Kier molecular flexibility index (Phi) is 7.68. The van der Waals surface area contributed by atoms with Crippen LogP contribution >= 0.6 is 11.6 Å². The Morgan fingerprint density at radius 1 is 1.09 bits per heavy atom. The van der Waals surface area contributed by atoms with Crippen LogP contribution < -0.4 is 15.5 Å². The molecule has 0 saturated carbocycles. The van der Waals surface area contributed by atoms with Crippen LogP contribution in [0.2, 0.25) is 5.02 Å². The molecule has 1 aromatic heterocycles. The zero-order chi connectivity index (χ0) is 24.2. The molecular formula is C22H25ClF3N5O2. The Hall–Kier alpha value is -3.01. The first-order chi connectivity index (χ1) is 15.6. The molecule has 33 heavy (non-hydrogen) atoms. The number of halogens is 4. The molecule has 2 N–H and O–H groups in total. The Bertz CT molecular complexity index is 980. The summed E-state index contributed by atoms with van der Waals surface area (Å²) in [6.07, 6.45) is -3.77. The number of para-hydroxylation sites is 1. The predicted molar refractivity (Wildman–Crippen MR) is 120 cm³/mol. The van der Waals surface area contributed by atoms with Gasteiger partial charge in [-0.25, -0.2) is 9.78 Å². The number of rotatable bonds is 5. The number of hydrogen-bond acceptors (Lipinski definition) is 4. The minimum atomic E-state index is -4.52. The molecule has 1 aliphatic heterocycles. The van der Waals surface area contributed by atoms with Crippen LogP contribution in [0.25, 0.3) is 0 Å². The van der Waals surface area contributed by atoms with Crippen LogP contribution in [-0.4, -0.2) is 54.0 Å². The zero-order valence-corrected chi connectivity index (χ0v) is 19.0. The Morgan fingerprint density at radius 2 is 1.73 bits per heavy atom. The van der Waals surface area contributed by atoms with E-state index in [2.05, 4.69) is 15.6 Å². The van der Waals surface area contributed by atoms with E-state index in [-0.39, 0.29) is 22.7 Å². The van der Waals surface area contributed by atoms with E-state index in [1.165, 1.54) is 0 Å². The van der Waals surface area contributed by atoms with Crippen molar-refractivity contribution >= 4 is 35.0 Å². The number of aromatic nitrogens is 1. The number of alkyl halides is 3. The highest BCUT2D eigenvalue weighted by molar-refractivity contribution is 6.33. The highest BCUT2D eigenvalue weighted by atomic mass is 35.5. The molecule has 0 spiro atoms. The van der Waals surface area contributed by atoms with Gasteiger partial charge in [-0.1, -0.05) is 43.6 Å². The molecule has 3 rings (SSSR count). The van der Waals surface area contributed by atoms with Gasteiger partial charge in [0.1, 0.15) is 11.9 Å². The maximum Gasteiger partial charge on any atom is 0.417 e. The maximum absolute atomic E-state index is 13.1. The fourth-order valence-corrected chi connectivity index (χ4v) is 3.78. The standard InChI is InChI=1S/C22H25ClF3N5O2/c1-14(2)18(29-21(33)28-16-6-4-3-5-7-16)20(32)31-10-8-30(9-11-31)19-17(23)12-15(13-27-19)22(24,25)26/h3-7,12-14,18H,8-11H2,1-2H3,(H2,28,29,33). The van der Waals surface area contributed by atoms with Crippen molar-refractivity contribution in [3.05, 3.63) is 53.2 Å². The molecule has 1 atom stereocenters. The lowest BCUT2D eigenvalue weighted by atomic mass is 10.0. The van der Waals surface area contributed by atoms with E-state index in [1.807, 2.05) is 19.9 Å². The molecule has 2 aromatic rings. The van der Waals surface area contributed by atoms with Gasteiger partial charge in [0, 0.05) is 38.1 Å². The first-order valence-electron chi connectivity index (χ1n) is 10.5. The molecule has 0 bridgehead atoms. The van der Waals surface area contributed by atoms with Gasteiger partial charge in [-0.3, -0.25) is 4.79 Å². The fourth-order valence-electron chi connectivity index (χ4n) is 3.50. The van der Waals surface area contributed by atoms with Gasteiger partial charge in [-0.05, 0) is 24.1 Å². The van der Waals surface area contributed by atoms with Crippen LogP contribution in [0.4, 0.5) is 29.5 Å². The molecule has 1 aromatic carbocycles. The number of benzene rings is 1. The van der Waals surface area contributed by atoms with Crippen LogP contribution in [0.5, 0.6) is 0 Å². The van der Waals surface area contributed by atoms with Crippen molar-refractivity contribution in [2.45, 2.75) is 26.1 Å². The number of anilines is 2. The number of carbonyl (C=O) groups excluding carboxylic acids is 2. The van der Waals surface area contributed by atoms with E-state index in [9.17, 15) is 22.8 Å². The minimum absolute atomic E-state index is 0.0936. The second-order valence-electron chi connectivity index (χ2n) is 8.03. The number of hydrogen-bond donors (Lipinski definition) is 2. The second-order valence-corrected chi connectivity index (χ2v) is 8.43. The van der Waals surface area contributed by atoms with E-state index < -0.39 is 23.8 Å². The maximum atomic E-state index is 13.1. The SMILES string of the molecule is CC(C)C(NC(=O)Nc1ccccc1)C(=O)N1CCN(c2ncc(C(F)(F)F)cc2Cl)CC1. The highest BCUT2D eigenvalue weighted by Gasteiger charge is 2.34. The molecule has 178 valence electrons. The average Bonchev–Trinajstić information content (AvgIpc) is 2.77. The summed E-state index contributed by atoms with van der Waals surface area (Å²) in [5, 5.41) is 5.35. The zero-order valence-electron chi connectivity index (χ0n) is 18.2. The van der Waals surface area contributed by atoms with Crippen LogP contribution in [0.15, 0.2) is 42.6 Å². The number of pyridine rings is 1. The topological polar surface area (TPSA) is 77.6 Å². The predicted octanol–water partition coefficient (Wildman–Crippen LogP) is 4.25. The summed E-state index contributed by atoms with van der Waals surface area (Å²) in [5.41, 5.74) is -0.302. The summed E-state index contributed by atoms with van der Waals surface area (Å²) in [7, 11) is 0. The van der Waals surface area contributed by atoms with Crippen molar-refractivity contribution in [2.24, 2.45) is 5.92 Å². The van der Waals surface area contributed by atoms with E-state index in [4.69, 9.17) is 11.6 Å². The second kappa shape index (κ2) is 10.3. The highest BCUT2D eigenvalue weighted by Crippen LogP contribution is 2.33. The fraction of sp³-hybridized carbons (Fsp3) is 0.409. The first kappa shape index (κ1) is 24.6. The third-order valence-corrected chi connectivity index (χ3v) is 5.57. The van der Waals surface area contributed by atoms with Crippen molar-refractivity contribution in [1.29, 1.82) is 0 Å². The third kappa shape index (κ3) is 6.28. The van der Waals surface area contributed by atoms with Crippen molar-refractivity contribution in [3.63, 3.8) is 0 Å². The number of nitrogens with zero attached hydrogens (tertiary/aromatic N) is 3. The smallest absolute Gasteiger partial charge is 0.352 e. The quantitative estimate of drug-likeness (QED) is 0.666. The lowest BCUT2D eigenvalue weighted by molar-refractivity contribution is -0.138. The van der Waals surface area contributed by atoms with Gasteiger partial charge in [-0.2, -0.15) is 13.2 Å². The van der Waals surface area contributed by atoms with Gasteiger partial charge >= 0.3 is 12.2 Å². The van der Waals surface area contributed by atoms with Crippen molar-refractivity contribution in [1.82, 2.24) is 15.2 Å². The number of piperazine rings is 1. The van der Waals surface area contributed by atoms with Crippen molar-refractivity contribution < 1.29 is 22.8 Å². The Labute approximate surface area is 194 Å². The molecule has 0 aliphatic carbocycles. The molecule has 1 unspecified atom stereocenters. The van der Waals surface area contributed by atoms with Crippen LogP contribution in [-0.2, 0) is 11.0 Å². The van der Waals surface area contributed by atoms with Gasteiger partial charge in [0.05, 0.1) is 10.6 Å². The molecule has 1 aliphatic rings. The Morgan fingerprint density at radius 3 is 2.27 bits per heavy atom. The van der Waals surface area contributed by atoms with Gasteiger partial charge in [0.2, 0.25) is 5.91 Å². The van der Waals surface area contributed by atoms with E-state index >= 15 is 0 Å². The minimum Gasteiger partial charge on any atom is -0.352 e. The Balaban J connectivity index is 1.60. The third-order valence-electron chi connectivity index (χ3n) is 5.29. The molecule has 1 fully saturated rings. The molecular weight excluding hydrogens is 459 g/mol. The molecule has 7 nitrogen and oxygen atoms in total. The van der Waals surface area contributed by atoms with E-state index in [1.54, 1.807) is 34.1 Å². The van der Waals surface area contributed by atoms with Gasteiger partial charge < -0.3 is 20.4 Å². The van der Waals surface area contributed by atoms with E-state index in [0.717, 1.165) is 12.3 Å². The summed E-state index contributed by atoms with van der Waals surface area (Å²) in [4.78, 5) is 32.7. The van der Waals surface area contributed by atoms with Crippen LogP contribution in [0.3, 0.4) is 0 Å². The molecule has 1 saturated heterocycles. The summed E-state index contributed by atoms with van der Waals surface area (Å²) in [5.74, 6) is -0.125. The normalized spacial score (nSPS) is 15.4. The summed E-state index contributed by atoms with van der Waals surface area (Å²) in [6.45, 7) is 5.03. The number of urea groups is 1. The first-order valence-corrected chi connectivity index (χ1v) is 10.8. The number of nitrogens with one attached hydrogen (secondary N) is 2. The summed E-state index contributed by atoms with van der Waals surface area (Å²) < 4.78 is 38.5. The van der Waals surface area contributed by atoms with Gasteiger partial charge in [0.15, 0.2) is 0 Å². The number of amides is 3. The van der Waals surface area contributed by atoms with Gasteiger partial charge in [0.25, 0.3) is 0 Å². The van der Waals surface area contributed by atoms with E-state index in [0.29, 0.717) is 31.9 Å². The van der Waals surface area contributed by atoms with Gasteiger partial charge in [-0.15, -0.1) is 0 Å². The van der Waals surface area contributed by atoms with Crippen LogP contribution in [0, 0.1) is 5.92 Å². The van der Waals surface area contributed by atoms with Crippen molar-refractivity contribution in [3.8, 4) is 0 Å². The summed E-state index contributed by atoms with van der Waals surface area (Å²) in [6, 6.07) is 8.54. The van der Waals surface area contributed by atoms with Crippen molar-refractivity contribution in [2.75, 3.05) is 36.4 Å². The lowest BCUT2D eigenvalue weighted by Crippen LogP contribution is -2.57. The average molecular weight is 484 g/mol. The molecule has 0 radical (unpaired) electrons. The molecule has 11 heteroatoms. The monoisotopic (exact) mass is 483 g/mol. The lowest BCUT2D eigenvalue weighted by Gasteiger charge is -2.38. The molecule has 2 heterocycles. The van der Waals surface area contributed by atoms with Crippen LogP contribution in [0.1, 0.15) is 19.4 Å². The summed E-state index contributed by atoms with van der Waals surface area (Å²) >= 11 is 6.04.